The second-order valence-corrected chi connectivity index (χ2v) is 5.01. The van der Waals surface area contributed by atoms with Crippen LogP contribution in [-0.2, 0) is 0 Å². The van der Waals surface area contributed by atoms with Crippen LogP contribution >= 0.6 is 0 Å². The molecule has 1 unspecified atom stereocenters. The molecule has 3 aliphatic heterocycles. The van der Waals surface area contributed by atoms with Crippen LogP contribution in [-0.4, -0.2) is 29.7 Å². The van der Waals surface area contributed by atoms with Crippen LogP contribution < -0.4 is 0 Å². The van der Waals surface area contributed by atoms with Crippen molar-refractivity contribution in [2.75, 3.05) is 19.6 Å². The van der Waals surface area contributed by atoms with E-state index in [4.69, 9.17) is 4.52 Å². The summed E-state index contributed by atoms with van der Waals surface area (Å²) >= 11 is 0. The van der Waals surface area contributed by atoms with Crippen molar-refractivity contribution in [2.45, 2.75) is 19.3 Å². The van der Waals surface area contributed by atoms with E-state index in [1.54, 1.807) is 6.20 Å². The largest absolute Gasteiger partial charge is 0.357 e. The van der Waals surface area contributed by atoms with Crippen molar-refractivity contribution in [3.8, 4) is 0 Å². The highest BCUT2D eigenvalue weighted by molar-refractivity contribution is 5.41. The van der Waals surface area contributed by atoms with Crippen molar-refractivity contribution < 1.29 is 4.52 Å². The Kier molecular flexibility index (Phi) is 2.79. The summed E-state index contributed by atoms with van der Waals surface area (Å²) in [5, 5.41) is 3.71. The molecule has 0 aliphatic carbocycles. The molecular weight excluding hydrogens is 200 g/mol. The third-order valence-electron chi connectivity index (χ3n) is 3.83. The Labute approximate surface area is 96.1 Å². The molecule has 3 heteroatoms. The summed E-state index contributed by atoms with van der Waals surface area (Å²) in [5.41, 5.74) is 0. The van der Waals surface area contributed by atoms with Crippen LogP contribution in [0.25, 0.3) is 6.08 Å². The average Bonchev–Trinajstić information content (AvgIpc) is 2.66. The zero-order valence-corrected chi connectivity index (χ0v) is 9.51. The molecular formula is C13H18N2O. The molecule has 16 heavy (non-hydrogen) atoms. The maximum atomic E-state index is 5.07. The van der Waals surface area contributed by atoms with Crippen molar-refractivity contribution in [3.05, 3.63) is 24.1 Å². The van der Waals surface area contributed by atoms with Gasteiger partial charge in [0.2, 0.25) is 0 Å². The van der Waals surface area contributed by atoms with E-state index in [0.717, 1.165) is 11.7 Å². The molecule has 0 spiro atoms. The van der Waals surface area contributed by atoms with Gasteiger partial charge in [-0.2, -0.15) is 0 Å². The van der Waals surface area contributed by atoms with E-state index < -0.39 is 0 Å². The fraction of sp³-hybridized carbons (Fsp3) is 0.615. The Hall–Kier alpha value is -1.09. The van der Waals surface area contributed by atoms with Crippen LogP contribution in [0.1, 0.15) is 25.0 Å². The maximum Gasteiger partial charge on any atom is 0.159 e. The number of piperidine rings is 1. The third kappa shape index (κ3) is 2.19. The maximum absolute atomic E-state index is 5.07. The van der Waals surface area contributed by atoms with Gasteiger partial charge in [0.05, 0.1) is 6.20 Å². The topological polar surface area (TPSA) is 29.3 Å². The second kappa shape index (κ2) is 4.42. The fourth-order valence-corrected chi connectivity index (χ4v) is 2.92. The Balaban J connectivity index is 1.67. The summed E-state index contributed by atoms with van der Waals surface area (Å²) in [6.07, 6.45) is 10.2. The molecule has 3 saturated heterocycles. The SMILES string of the molecule is C(=C/C1CC2CCN(CC2)C1)/c1ccno1. The quantitative estimate of drug-likeness (QED) is 0.763. The first-order valence-corrected chi connectivity index (χ1v) is 6.21. The molecule has 0 amide bonds. The molecule has 3 nitrogen and oxygen atoms in total. The van der Waals surface area contributed by atoms with E-state index in [2.05, 4.69) is 22.2 Å². The summed E-state index contributed by atoms with van der Waals surface area (Å²) in [6, 6.07) is 1.90. The summed E-state index contributed by atoms with van der Waals surface area (Å²) in [6.45, 7) is 3.83. The lowest BCUT2D eigenvalue weighted by molar-refractivity contribution is 0.221. The first-order valence-electron chi connectivity index (χ1n) is 6.21. The van der Waals surface area contributed by atoms with Crippen LogP contribution in [0, 0.1) is 11.8 Å². The van der Waals surface area contributed by atoms with Gasteiger partial charge in [0.25, 0.3) is 0 Å². The predicted molar refractivity (Wildman–Crippen MR) is 62.8 cm³/mol. The minimum absolute atomic E-state index is 0.695. The lowest BCUT2D eigenvalue weighted by Crippen LogP contribution is -2.31. The highest BCUT2D eigenvalue weighted by Gasteiger charge is 2.27. The molecule has 0 saturated carbocycles. The van der Waals surface area contributed by atoms with Crippen molar-refractivity contribution in [1.29, 1.82) is 0 Å². The van der Waals surface area contributed by atoms with E-state index in [-0.39, 0.29) is 0 Å². The molecule has 0 radical (unpaired) electrons. The van der Waals surface area contributed by atoms with Crippen LogP contribution in [0.2, 0.25) is 0 Å². The molecule has 3 aliphatic rings. The van der Waals surface area contributed by atoms with Gasteiger partial charge >= 0.3 is 0 Å². The predicted octanol–water partition coefficient (Wildman–Crippen LogP) is 2.42. The minimum Gasteiger partial charge on any atom is -0.357 e. The van der Waals surface area contributed by atoms with Crippen LogP contribution in [0.3, 0.4) is 0 Å². The minimum atomic E-state index is 0.695. The van der Waals surface area contributed by atoms with Crippen LogP contribution in [0.5, 0.6) is 0 Å². The van der Waals surface area contributed by atoms with Crippen LogP contribution in [0.4, 0.5) is 0 Å². The highest BCUT2D eigenvalue weighted by Crippen LogP contribution is 2.30. The van der Waals surface area contributed by atoms with Gasteiger partial charge in [-0.15, -0.1) is 0 Å². The van der Waals surface area contributed by atoms with Crippen LogP contribution in [0.15, 0.2) is 22.9 Å². The van der Waals surface area contributed by atoms with E-state index in [0.29, 0.717) is 5.92 Å². The number of fused-ring (bicyclic) bond motifs is 4. The number of hydrogen-bond donors (Lipinski definition) is 0. The van der Waals surface area contributed by atoms with Gasteiger partial charge in [0.1, 0.15) is 0 Å². The van der Waals surface area contributed by atoms with E-state index >= 15 is 0 Å². The smallest absolute Gasteiger partial charge is 0.159 e. The molecule has 86 valence electrons. The molecule has 0 aromatic carbocycles. The Morgan fingerprint density at radius 1 is 1.38 bits per heavy atom. The Morgan fingerprint density at radius 3 is 3.00 bits per heavy atom. The first kappa shape index (κ1) is 10.1. The molecule has 2 bridgehead atoms. The molecule has 1 aromatic heterocycles. The monoisotopic (exact) mass is 218 g/mol. The van der Waals surface area contributed by atoms with Gasteiger partial charge in [0, 0.05) is 12.6 Å². The van der Waals surface area contributed by atoms with E-state index in [1.165, 1.54) is 38.9 Å². The zero-order chi connectivity index (χ0) is 10.8. The average molecular weight is 218 g/mol. The summed E-state index contributed by atoms with van der Waals surface area (Å²) in [4.78, 5) is 2.60. The number of aromatic nitrogens is 1. The normalized spacial score (nSPS) is 34.4. The highest BCUT2D eigenvalue weighted by atomic mass is 16.5. The third-order valence-corrected chi connectivity index (χ3v) is 3.83. The Bertz CT molecular complexity index is 336. The van der Waals surface area contributed by atoms with E-state index in [1.807, 2.05) is 6.07 Å². The molecule has 0 N–H and O–H groups in total. The molecule has 4 heterocycles. The van der Waals surface area contributed by atoms with Gasteiger partial charge in [-0.1, -0.05) is 11.2 Å². The van der Waals surface area contributed by atoms with E-state index in [9.17, 15) is 0 Å². The summed E-state index contributed by atoms with van der Waals surface area (Å²) < 4.78 is 5.07. The van der Waals surface area contributed by atoms with Gasteiger partial charge in [-0.05, 0) is 50.3 Å². The number of rotatable bonds is 2. The molecule has 4 rings (SSSR count). The standard InChI is InChI=1S/C13H18N2O/c1(2-13-3-6-14-16-13)12-9-11-4-7-15(10-12)8-5-11/h1-3,6,11-12H,4-5,7-10H2/b2-1-. The number of nitrogens with zero attached hydrogens (tertiary/aromatic N) is 2. The van der Waals surface area contributed by atoms with Gasteiger partial charge in [-0.25, -0.2) is 0 Å². The summed E-state index contributed by atoms with van der Waals surface area (Å²) in [7, 11) is 0. The fourth-order valence-electron chi connectivity index (χ4n) is 2.92. The molecule has 3 fully saturated rings. The lowest BCUT2D eigenvalue weighted by atomic mass is 9.91. The van der Waals surface area contributed by atoms with Crippen molar-refractivity contribution in [1.82, 2.24) is 10.1 Å². The Morgan fingerprint density at radius 2 is 2.25 bits per heavy atom. The number of hydrogen-bond acceptors (Lipinski definition) is 3. The van der Waals surface area contributed by atoms with Crippen molar-refractivity contribution in [3.63, 3.8) is 0 Å². The first-order chi connectivity index (χ1) is 7.90. The van der Waals surface area contributed by atoms with Gasteiger partial charge in [-0.3, -0.25) is 0 Å². The summed E-state index contributed by atoms with van der Waals surface area (Å²) in [5.74, 6) is 2.51. The van der Waals surface area contributed by atoms with Gasteiger partial charge in [0.15, 0.2) is 5.76 Å². The van der Waals surface area contributed by atoms with Crippen molar-refractivity contribution >= 4 is 6.08 Å². The molecule has 1 aromatic rings. The zero-order valence-electron chi connectivity index (χ0n) is 9.51. The lowest BCUT2D eigenvalue weighted by Gasteiger charge is -2.26. The van der Waals surface area contributed by atoms with Gasteiger partial charge < -0.3 is 9.42 Å². The van der Waals surface area contributed by atoms with Crippen molar-refractivity contribution in [2.24, 2.45) is 11.8 Å². The second-order valence-electron chi connectivity index (χ2n) is 5.01. The molecule has 1 atom stereocenters.